The van der Waals surface area contributed by atoms with E-state index in [0.29, 0.717) is 5.37 Å². The van der Waals surface area contributed by atoms with Gasteiger partial charge in [-0.3, -0.25) is 10.1 Å². The molecule has 0 saturated carbocycles. The first-order chi connectivity index (χ1) is 8.01. The second-order valence-electron chi connectivity index (χ2n) is 2.87. The first kappa shape index (κ1) is 13.0. The lowest BCUT2D eigenvalue weighted by molar-refractivity contribution is -0.385. The zero-order valence-corrected chi connectivity index (χ0v) is 9.85. The van der Waals surface area contributed by atoms with Crippen LogP contribution in [0.15, 0.2) is 12.1 Å². The highest BCUT2D eigenvalue weighted by Crippen LogP contribution is 2.35. The van der Waals surface area contributed by atoms with E-state index in [-0.39, 0.29) is 22.7 Å². The van der Waals surface area contributed by atoms with Gasteiger partial charge in [0.05, 0.1) is 24.5 Å². The Hall–Kier alpha value is -2.09. The number of hydrogen-bond donors (Lipinski definition) is 0. The van der Waals surface area contributed by atoms with E-state index in [1.807, 2.05) is 0 Å². The van der Waals surface area contributed by atoms with Crippen molar-refractivity contribution >= 4 is 21.3 Å². The summed E-state index contributed by atoms with van der Waals surface area (Å²) in [5.74, 6) is 0.223. The molecule has 0 radical (unpaired) electrons. The van der Waals surface area contributed by atoms with Crippen LogP contribution >= 0.6 is 0 Å². The minimum atomic E-state index is -2.58. The summed E-state index contributed by atoms with van der Waals surface area (Å²) >= 11 is 0. The molecule has 92 valence electrons. The topological polar surface area (TPSA) is 95.7 Å². The van der Waals surface area contributed by atoms with Crippen LogP contribution in [-0.4, -0.2) is 32.9 Å². The summed E-state index contributed by atoms with van der Waals surface area (Å²) in [6, 6.07) is 2.49. The van der Waals surface area contributed by atoms with Crippen molar-refractivity contribution in [3.05, 3.63) is 27.8 Å². The van der Waals surface area contributed by atoms with Gasteiger partial charge in [0.2, 0.25) is 10.3 Å². The zero-order chi connectivity index (χ0) is 13.0. The largest absolute Gasteiger partial charge is 0.493 e. The molecule has 0 atom stereocenters. The molecule has 7 nitrogen and oxygen atoms in total. The molecular formula is C9H9NO6S. The van der Waals surface area contributed by atoms with Gasteiger partial charge in [0.25, 0.3) is 5.69 Å². The Balaban J connectivity index is 3.67. The molecule has 0 N–H and O–H groups in total. The lowest BCUT2D eigenvalue weighted by Crippen LogP contribution is -2.01. The van der Waals surface area contributed by atoms with Crippen LogP contribution in [0.25, 0.3) is 0 Å². The van der Waals surface area contributed by atoms with E-state index in [1.54, 1.807) is 0 Å². The maximum absolute atomic E-state index is 10.8. The zero-order valence-electron chi connectivity index (χ0n) is 9.04. The minimum Gasteiger partial charge on any atom is -0.493 e. The fraction of sp³-hybridized carbons (Fsp3) is 0.222. The van der Waals surface area contributed by atoms with Crippen LogP contribution in [0.3, 0.4) is 0 Å². The molecule has 0 fully saturated rings. The summed E-state index contributed by atoms with van der Waals surface area (Å²) < 4.78 is 31.1. The van der Waals surface area contributed by atoms with Crippen molar-refractivity contribution in [2.75, 3.05) is 14.2 Å². The van der Waals surface area contributed by atoms with Crippen molar-refractivity contribution < 1.29 is 22.8 Å². The van der Waals surface area contributed by atoms with Crippen LogP contribution in [0.2, 0.25) is 0 Å². The Morgan fingerprint density at radius 1 is 1.29 bits per heavy atom. The standard InChI is InChI=1S/C9H9NO6S/c1-15-8-4-3-7(10(11)12)6(5-17(13)14)9(8)16-2/h3-5H,1-2H3. The fourth-order valence-corrected chi connectivity index (χ4v) is 1.73. The second kappa shape index (κ2) is 5.30. The van der Waals surface area contributed by atoms with Gasteiger partial charge < -0.3 is 9.47 Å². The highest BCUT2D eigenvalue weighted by Gasteiger charge is 2.21. The third-order valence-electron chi connectivity index (χ3n) is 1.97. The smallest absolute Gasteiger partial charge is 0.281 e. The molecule has 17 heavy (non-hydrogen) atoms. The summed E-state index contributed by atoms with van der Waals surface area (Å²) in [4.78, 5) is 10.1. The third kappa shape index (κ3) is 2.72. The van der Waals surface area contributed by atoms with Gasteiger partial charge in [-0.25, -0.2) is 0 Å². The number of nitro benzene ring substituents is 1. The van der Waals surface area contributed by atoms with E-state index in [1.165, 1.54) is 20.3 Å². The Labute approximate surface area is 98.3 Å². The summed E-state index contributed by atoms with van der Waals surface area (Å²) in [7, 11) is 0.0388. The van der Waals surface area contributed by atoms with Crippen LogP contribution in [0.5, 0.6) is 11.5 Å². The third-order valence-corrected chi connectivity index (χ3v) is 2.40. The molecule has 0 bridgehead atoms. The van der Waals surface area contributed by atoms with Crippen molar-refractivity contribution in [2.45, 2.75) is 0 Å². The molecule has 0 aliphatic carbocycles. The van der Waals surface area contributed by atoms with Gasteiger partial charge >= 0.3 is 0 Å². The maximum atomic E-state index is 10.8. The second-order valence-corrected chi connectivity index (χ2v) is 3.63. The Kier molecular flexibility index (Phi) is 4.05. The molecule has 0 saturated heterocycles. The number of rotatable bonds is 4. The quantitative estimate of drug-likeness (QED) is 0.447. The van der Waals surface area contributed by atoms with Crippen LogP contribution in [0.4, 0.5) is 5.69 Å². The summed E-state index contributed by atoms with van der Waals surface area (Å²) in [6.07, 6.45) is 0. The maximum Gasteiger partial charge on any atom is 0.281 e. The average molecular weight is 259 g/mol. The minimum absolute atomic E-state index is 0.00546. The van der Waals surface area contributed by atoms with Crippen LogP contribution < -0.4 is 9.47 Å². The van der Waals surface area contributed by atoms with Gasteiger partial charge in [0, 0.05) is 6.07 Å². The molecule has 1 aromatic carbocycles. The molecule has 0 heterocycles. The van der Waals surface area contributed by atoms with E-state index in [9.17, 15) is 18.5 Å². The van der Waals surface area contributed by atoms with Crippen molar-refractivity contribution in [3.63, 3.8) is 0 Å². The predicted molar refractivity (Wildman–Crippen MR) is 60.3 cm³/mol. The van der Waals surface area contributed by atoms with Crippen molar-refractivity contribution in [2.24, 2.45) is 0 Å². The van der Waals surface area contributed by atoms with Gasteiger partial charge in [-0.05, 0) is 6.07 Å². The summed E-state index contributed by atoms with van der Waals surface area (Å²) in [6.45, 7) is 0. The molecule has 0 aliphatic heterocycles. The SMILES string of the molecule is COc1ccc([N+](=O)[O-])c(C=S(=O)=O)c1OC. The predicted octanol–water partition coefficient (Wildman–Crippen LogP) is 0.641. The molecule has 0 aliphatic rings. The molecule has 8 heteroatoms. The van der Waals surface area contributed by atoms with E-state index >= 15 is 0 Å². The molecule has 0 spiro atoms. The van der Waals surface area contributed by atoms with Crippen molar-refractivity contribution in [1.82, 2.24) is 0 Å². The summed E-state index contributed by atoms with van der Waals surface area (Å²) in [5.41, 5.74) is -0.517. The van der Waals surface area contributed by atoms with Crippen molar-refractivity contribution in [1.29, 1.82) is 0 Å². The van der Waals surface area contributed by atoms with Gasteiger partial charge in [-0.2, -0.15) is 8.42 Å². The number of benzene rings is 1. The Morgan fingerprint density at radius 2 is 1.94 bits per heavy atom. The van der Waals surface area contributed by atoms with E-state index < -0.39 is 15.2 Å². The molecular weight excluding hydrogens is 250 g/mol. The highest BCUT2D eigenvalue weighted by molar-refractivity contribution is 7.71. The highest BCUT2D eigenvalue weighted by atomic mass is 32.2. The van der Waals surface area contributed by atoms with Crippen LogP contribution in [0, 0.1) is 10.1 Å². The number of ether oxygens (including phenoxy) is 2. The van der Waals surface area contributed by atoms with Crippen LogP contribution in [0.1, 0.15) is 5.56 Å². The number of hydrogen-bond acceptors (Lipinski definition) is 6. The molecule has 1 aromatic rings. The average Bonchev–Trinajstić information content (AvgIpc) is 2.27. The first-order valence-electron chi connectivity index (χ1n) is 4.33. The first-order valence-corrected chi connectivity index (χ1v) is 5.47. The van der Waals surface area contributed by atoms with E-state index in [4.69, 9.17) is 9.47 Å². The van der Waals surface area contributed by atoms with Gasteiger partial charge in [-0.1, -0.05) is 0 Å². The molecule has 1 rings (SSSR count). The van der Waals surface area contributed by atoms with Gasteiger partial charge in [0.1, 0.15) is 5.56 Å². The van der Waals surface area contributed by atoms with E-state index in [2.05, 4.69) is 0 Å². The lowest BCUT2D eigenvalue weighted by Gasteiger charge is -2.09. The molecule has 0 aromatic heterocycles. The number of nitro groups is 1. The molecule has 0 unspecified atom stereocenters. The van der Waals surface area contributed by atoms with Crippen molar-refractivity contribution in [3.8, 4) is 11.5 Å². The lowest BCUT2D eigenvalue weighted by atomic mass is 10.1. The van der Waals surface area contributed by atoms with Gasteiger partial charge in [0.15, 0.2) is 11.5 Å². The Bertz CT molecular complexity index is 569. The monoisotopic (exact) mass is 259 g/mol. The number of nitrogens with zero attached hydrogens (tertiary/aromatic N) is 1. The fourth-order valence-electron chi connectivity index (χ4n) is 1.31. The normalized spacial score (nSPS) is 9.53. The molecule has 0 amide bonds. The Morgan fingerprint density at radius 3 is 2.35 bits per heavy atom. The van der Waals surface area contributed by atoms with Gasteiger partial charge in [-0.15, -0.1) is 0 Å². The summed E-state index contributed by atoms with van der Waals surface area (Å²) in [5, 5.41) is 11.5. The van der Waals surface area contributed by atoms with E-state index in [0.717, 1.165) is 6.07 Å². The van der Waals surface area contributed by atoms with Crippen LogP contribution in [-0.2, 0) is 10.3 Å². The number of methoxy groups -OCH3 is 2.